The van der Waals surface area contributed by atoms with E-state index in [0.717, 1.165) is 12.0 Å². The molecule has 0 fully saturated rings. The molecule has 0 atom stereocenters. The van der Waals surface area contributed by atoms with Crippen molar-refractivity contribution in [3.63, 3.8) is 0 Å². The van der Waals surface area contributed by atoms with Crippen LogP contribution in [0.15, 0.2) is 30.3 Å². The van der Waals surface area contributed by atoms with Gasteiger partial charge in [0.15, 0.2) is 0 Å². The molecule has 0 aromatic heterocycles. The third-order valence-electron chi connectivity index (χ3n) is 1.86. The summed E-state index contributed by atoms with van der Waals surface area (Å²) < 4.78 is 13.2. The molecular weight excluding hydrogens is 187 g/mol. The number of alkyl halides is 1. The van der Waals surface area contributed by atoms with Gasteiger partial charge in [0, 0.05) is 11.4 Å². The fraction of sp³-hybridized carbons (Fsp3) is 0.273. The van der Waals surface area contributed by atoms with Crippen LogP contribution in [0, 0.1) is 5.82 Å². The van der Waals surface area contributed by atoms with Crippen LogP contribution < -0.4 is 0 Å². The van der Waals surface area contributed by atoms with E-state index < -0.39 is 0 Å². The monoisotopic (exact) mass is 198 g/mol. The molecule has 0 nitrogen and oxygen atoms in total. The van der Waals surface area contributed by atoms with Crippen molar-refractivity contribution in [1.82, 2.24) is 0 Å². The molecule has 0 unspecified atom stereocenters. The lowest BCUT2D eigenvalue weighted by Crippen LogP contribution is -1.85. The zero-order valence-electron chi connectivity index (χ0n) is 7.56. The number of halogens is 2. The summed E-state index contributed by atoms with van der Waals surface area (Å²) in [6.45, 7) is 1.89. The largest absolute Gasteiger partial charge is 0.206 e. The number of hydrogen-bond donors (Lipinski definition) is 0. The summed E-state index contributed by atoms with van der Waals surface area (Å²) in [4.78, 5) is 0. The summed E-state index contributed by atoms with van der Waals surface area (Å²) in [5, 5.41) is 0. The lowest BCUT2D eigenvalue weighted by molar-refractivity contribution is 0.624. The summed E-state index contributed by atoms with van der Waals surface area (Å²) >= 11 is 5.53. The minimum Gasteiger partial charge on any atom is -0.206 e. The van der Waals surface area contributed by atoms with Gasteiger partial charge in [0.2, 0.25) is 0 Å². The average Bonchev–Trinajstić information content (AvgIpc) is 2.15. The average molecular weight is 199 g/mol. The Morgan fingerprint density at radius 2 is 2.15 bits per heavy atom. The Bertz CT molecular complexity index is 305. The highest BCUT2D eigenvalue weighted by atomic mass is 35.5. The third kappa shape index (κ3) is 2.85. The summed E-state index contributed by atoms with van der Waals surface area (Å²) in [6.07, 6.45) is 2.73. The van der Waals surface area contributed by atoms with Crippen LogP contribution in [0.3, 0.4) is 0 Å². The summed E-state index contributed by atoms with van der Waals surface area (Å²) in [7, 11) is 0. The van der Waals surface area contributed by atoms with Crippen molar-refractivity contribution >= 4 is 17.2 Å². The predicted octanol–water partition coefficient (Wildman–Crippen LogP) is 3.86. The molecule has 2 heteroatoms. The van der Waals surface area contributed by atoms with Crippen LogP contribution in [0.2, 0.25) is 0 Å². The van der Waals surface area contributed by atoms with Gasteiger partial charge in [0.1, 0.15) is 5.82 Å². The fourth-order valence-corrected chi connectivity index (χ4v) is 1.27. The first-order chi connectivity index (χ1) is 6.25. The van der Waals surface area contributed by atoms with Crippen molar-refractivity contribution in [2.24, 2.45) is 0 Å². The third-order valence-corrected chi connectivity index (χ3v) is 2.08. The fourth-order valence-electron chi connectivity index (χ4n) is 1.16. The maximum atomic E-state index is 13.2. The molecule has 0 aliphatic rings. The molecule has 0 spiro atoms. The van der Waals surface area contributed by atoms with Crippen LogP contribution in [0.5, 0.6) is 0 Å². The summed E-state index contributed by atoms with van der Waals surface area (Å²) in [5.41, 5.74) is 1.60. The zero-order chi connectivity index (χ0) is 9.68. The van der Waals surface area contributed by atoms with Gasteiger partial charge in [-0.05, 0) is 25.0 Å². The highest BCUT2D eigenvalue weighted by Gasteiger charge is 2.00. The standard InChI is InChI=1S/C11H12ClF/c1-9(5-4-8-12)10-6-2-3-7-11(10)13/h2-3,5-7H,4,8H2,1H3/b9-5+. The zero-order valence-corrected chi connectivity index (χ0v) is 8.31. The molecule has 0 radical (unpaired) electrons. The van der Waals surface area contributed by atoms with Crippen LogP contribution in [-0.4, -0.2) is 5.88 Å². The van der Waals surface area contributed by atoms with Crippen LogP contribution in [0.25, 0.3) is 5.57 Å². The van der Waals surface area contributed by atoms with E-state index in [2.05, 4.69) is 0 Å². The lowest BCUT2D eigenvalue weighted by Gasteiger charge is -2.02. The molecule has 0 heterocycles. The van der Waals surface area contributed by atoms with Gasteiger partial charge < -0.3 is 0 Å². The first-order valence-corrected chi connectivity index (χ1v) is 4.77. The summed E-state index contributed by atoms with van der Waals surface area (Å²) in [5.74, 6) is 0.400. The molecule has 0 saturated heterocycles. The molecule has 1 aromatic rings. The van der Waals surface area contributed by atoms with E-state index in [1.807, 2.05) is 19.1 Å². The van der Waals surface area contributed by atoms with Gasteiger partial charge in [-0.2, -0.15) is 0 Å². The number of allylic oxidation sites excluding steroid dienone is 2. The number of benzene rings is 1. The van der Waals surface area contributed by atoms with Crippen molar-refractivity contribution in [3.05, 3.63) is 41.7 Å². The van der Waals surface area contributed by atoms with E-state index in [9.17, 15) is 4.39 Å². The SMILES string of the molecule is C/C(=C\CCCl)c1ccccc1F. The quantitative estimate of drug-likeness (QED) is 0.647. The topological polar surface area (TPSA) is 0 Å². The van der Waals surface area contributed by atoms with Gasteiger partial charge >= 0.3 is 0 Å². The van der Waals surface area contributed by atoms with Gasteiger partial charge in [-0.25, -0.2) is 4.39 Å². The molecule has 0 aliphatic carbocycles. The van der Waals surface area contributed by atoms with E-state index in [1.54, 1.807) is 12.1 Å². The highest BCUT2D eigenvalue weighted by molar-refractivity contribution is 6.17. The first kappa shape index (κ1) is 10.3. The Morgan fingerprint density at radius 3 is 2.77 bits per heavy atom. The minimum atomic E-state index is -0.175. The second kappa shape index (κ2) is 5.03. The minimum absolute atomic E-state index is 0.175. The van der Waals surface area contributed by atoms with Crippen LogP contribution in [0.4, 0.5) is 4.39 Å². The molecule has 1 aromatic carbocycles. The second-order valence-electron chi connectivity index (χ2n) is 2.84. The Balaban J connectivity index is 2.88. The van der Waals surface area contributed by atoms with Gasteiger partial charge in [0.05, 0.1) is 0 Å². The molecule has 1 rings (SSSR count). The first-order valence-electron chi connectivity index (χ1n) is 4.23. The normalized spacial score (nSPS) is 11.8. The molecule has 70 valence electrons. The van der Waals surface area contributed by atoms with E-state index in [4.69, 9.17) is 11.6 Å². The Morgan fingerprint density at radius 1 is 1.46 bits per heavy atom. The Hall–Kier alpha value is -0.820. The highest BCUT2D eigenvalue weighted by Crippen LogP contribution is 2.17. The van der Waals surface area contributed by atoms with E-state index >= 15 is 0 Å². The molecule has 0 N–H and O–H groups in total. The summed E-state index contributed by atoms with van der Waals surface area (Å²) in [6, 6.07) is 6.76. The van der Waals surface area contributed by atoms with Crippen LogP contribution in [-0.2, 0) is 0 Å². The van der Waals surface area contributed by atoms with Gasteiger partial charge in [-0.3, -0.25) is 0 Å². The van der Waals surface area contributed by atoms with Crippen molar-refractivity contribution in [3.8, 4) is 0 Å². The van der Waals surface area contributed by atoms with Crippen molar-refractivity contribution in [2.45, 2.75) is 13.3 Å². The van der Waals surface area contributed by atoms with Crippen molar-refractivity contribution < 1.29 is 4.39 Å². The maximum Gasteiger partial charge on any atom is 0.130 e. The Kier molecular flexibility index (Phi) is 3.97. The van der Waals surface area contributed by atoms with E-state index in [-0.39, 0.29) is 5.82 Å². The van der Waals surface area contributed by atoms with Crippen molar-refractivity contribution in [1.29, 1.82) is 0 Å². The smallest absolute Gasteiger partial charge is 0.130 e. The van der Waals surface area contributed by atoms with E-state index in [0.29, 0.717) is 11.4 Å². The number of rotatable bonds is 3. The van der Waals surface area contributed by atoms with Gasteiger partial charge in [0.25, 0.3) is 0 Å². The molecule has 0 aliphatic heterocycles. The van der Waals surface area contributed by atoms with Crippen LogP contribution in [0.1, 0.15) is 18.9 Å². The second-order valence-corrected chi connectivity index (χ2v) is 3.22. The molecule has 13 heavy (non-hydrogen) atoms. The Labute approximate surface area is 83.0 Å². The van der Waals surface area contributed by atoms with Gasteiger partial charge in [-0.15, -0.1) is 11.6 Å². The lowest BCUT2D eigenvalue weighted by atomic mass is 10.1. The van der Waals surface area contributed by atoms with E-state index in [1.165, 1.54) is 6.07 Å². The molecule has 0 bridgehead atoms. The molecule has 0 amide bonds. The predicted molar refractivity (Wildman–Crippen MR) is 55.4 cm³/mol. The molecule has 0 saturated carbocycles. The van der Waals surface area contributed by atoms with Crippen LogP contribution >= 0.6 is 11.6 Å². The van der Waals surface area contributed by atoms with Crippen molar-refractivity contribution in [2.75, 3.05) is 5.88 Å². The number of hydrogen-bond acceptors (Lipinski definition) is 0. The molecular formula is C11H12ClF. The van der Waals surface area contributed by atoms with Gasteiger partial charge in [-0.1, -0.05) is 24.3 Å². The maximum absolute atomic E-state index is 13.2.